The number of carbonyl (C=O) groups is 1. The lowest BCUT2D eigenvalue weighted by Gasteiger charge is -2.30. The summed E-state index contributed by atoms with van der Waals surface area (Å²) in [5.41, 5.74) is 0.266. The normalized spacial score (nSPS) is 31.5. The van der Waals surface area contributed by atoms with E-state index in [1.807, 2.05) is 0 Å². The maximum Gasteiger partial charge on any atom is 0.320 e. The first-order valence-electron chi connectivity index (χ1n) is 5.99. The number of nitrogens with one attached hydrogen (secondary N) is 1. The van der Waals surface area contributed by atoms with Crippen LogP contribution in [0, 0.1) is 11.3 Å². The van der Waals surface area contributed by atoms with Crippen LogP contribution in [0.15, 0.2) is 0 Å². The number of carboxylic acid groups (broad SMARTS) is 1. The zero-order valence-corrected chi connectivity index (χ0v) is 9.62. The van der Waals surface area contributed by atoms with E-state index < -0.39 is 5.97 Å². The molecule has 0 saturated heterocycles. The van der Waals surface area contributed by atoms with Gasteiger partial charge >= 0.3 is 5.97 Å². The third kappa shape index (κ3) is 2.33. The highest BCUT2D eigenvalue weighted by molar-refractivity contribution is 5.74. The van der Waals surface area contributed by atoms with Gasteiger partial charge in [-0.25, -0.2) is 0 Å². The van der Waals surface area contributed by atoms with Gasteiger partial charge < -0.3 is 10.4 Å². The van der Waals surface area contributed by atoms with Gasteiger partial charge in [0.25, 0.3) is 0 Å². The Morgan fingerprint density at radius 3 is 2.47 bits per heavy atom. The second-order valence-corrected chi connectivity index (χ2v) is 5.75. The smallest absolute Gasteiger partial charge is 0.320 e. The van der Waals surface area contributed by atoms with E-state index in [1.54, 1.807) is 0 Å². The Morgan fingerprint density at radius 1 is 1.40 bits per heavy atom. The third-order valence-electron chi connectivity index (χ3n) is 4.00. The molecule has 3 nitrogen and oxygen atoms in total. The molecule has 2 saturated carbocycles. The van der Waals surface area contributed by atoms with Gasteiger partial charge in [0.1, 0.15) is 6.04 Å². The molecule has 2 fully saturated rings. The fraction of sp³-hybridized carbons (Fsp3) is 0.917. The lowest BCUT2D eigenvalue weighted by atomic mass is 9.87. The van der Waals surface area contributed by atoms with Crippen molar-refractivity contribution in [3.05, 3.63) is 0 Å². The van der Waals surface area contributed by atoms with Crippen LogP contribution >= 0.6 is 0 Å². The summed E-state index contributed by atoms with van der Waals surface area (Å²) in [5.74, 6) is -0.279. The Balaban J connectivity index is 1.96. The molecule has 0 bridgehead atoms. The lowest BCUT2D eigenvalue weighted by molar-refractivity contribution is -0.140. The molecule has 0 heterocycles. The van der Waals surface area contributed by atoms with Crippen molar-refractivity contribution in [2.45, 2.75) is 58.0 Å². The van der Waals surface area contributed by atoms with Crippen molar-refractivity contribution >= 4 is 5.97 Å². The van der Waals surface area contributed by atoms with Crippen molar-refractivity contribution in [3.8, 4) is 0 Å². The van der Waals surface area contributed by atoms with Crippen LogP contribution in [0.25, 0.3) is 0 Å². The van der Waals surface area contributed by atoms with E-state index in [0.29, 0.717) is 12.0 Å². The predicted octanol–water partition coefficient (Wildman–Crippen LogP) is 2.02. The van der Waals surface area contributed by atoms with Crippen molar-refractivity contribution in [2.75, 3.05) is 0 Å². The highest BCUT2D eigenvalue weighted by Gasteiger charge is 2.42. The van der Waals surface area contributed by atoms with Crippen molar-refractivity contribution in [1.82, 2.24) is 5.32 Å². The van der Waals surface area contributed by atoms with Crippen LogP contribution in [-0.2, 0) is 4.79 Å². The molecule has 0 aromatic rings. The fourth-order valence-corrected chi connectivity index (χ4v) is 2.69. The van der Waals surface area contributed by atoms with Gasteiger partial charge in [0.05, 0.1) is 0 Å². The molecule has 3 heteroatoms. The van der Waals surface area contributed by atoms with E-state index in [0.717, 1.165) is 19.3 Å². The van der Waals surface area contributed by atoms with Gasteiger partial charge in [0.2, 0.25) is 0 Å². The molecule has 0 radical (unpaired) electrons. The Hall–Kier alpha value is -0.570. The van der Waals surface area contributed by atoms with Crippen molar-refractivity contribution in [3.63, 3.8) is 0 Å². The first-order chi connectivity index (χ1) is 7.00. The van der Waals surface area contributed by atoms with Crippen LogP contribution < -0.4 is 5.32 Å². The minimum Gasteiger partial charge on any atom is -0.480 e. The van der Waals surface area contributed by atoms with Crippen molar-refractivity contribution in [1.29, 1.82) is 0 Å². The SMILES string of the molecule is CC1(C)CCCC1NC(C(=O)O)C1CC1. The summed E-state index contributed by atoms with van der Waals surface area (Å²) in [6, 6.07) is 0.0894. The average Bonchev–Trinajstić information content (AvgIpc) is 2.88. The summed E-state index contributed by atoms with van der Waals surface area (Å²) in [6.45, 7) is 4.48. The summed E-state index contributed by atoms with van der Waals surface area (Å²) < 4.78 is 0. The number of rotatable bonds is 4. The molecule has 0 amide bonds. The average molecular weight is 211 g/mol. The number of hydrogen-bond acceptors (Lipinski definition) is 2. The van der Waals surface area contributed by atoms with E-state index in [9.17, 15) is 4.79 Å². The molecule has 0 aromatic carbocycles. The summed E-state index contributed by atoms with van der Waals surface area (Å²) in [4.78, 5) is 11.1. The monoisotopic (exact) mass is 211 g/mol. The summed E-state index contributed by atoms with van der Waals surface area (Å²) in [5, 5.41) is 12.5. The zero-order valence-electron chi connectivity index (χ0n) is 9.62. The molecule has 2 unspecified atom stereocenters. The van der Waals surface area contributed by atoms with Gasteiger partial charge in [-0.05, 0) is 37.0 Å². The van der Waals surface area contributed by atoms with E-state index in [2.05, 4.69) is 19.2 Å². The molecule has 2 atom stereocenters. The minimum atomic E-state index is -0.666. The van der Waals surface area contributed by atoms with Gasteiger partial charge in [-0.2, -0.15) is 0 Å². The third-order valence-corrected chi connectivity index (χ3v) is 4.00. The predicted molar refractivity (Wildman–Crippen MR) is 58.7 cm³/mol. The molecule has 0 spiro atoms. The fourth-order valence-electron chi connectivity index (χ4n) is 2.69. The standard InChI is InChI=1S/C12H21NO2/c1-12(2)7-3-4-9(12)13-10(11(14)15)8-5-6-8/h8-10,13H,3-7H2,1-2H3,(H,14,15). The molecule has 2 rings (SSSR count). The van der Waals surface area contributed by atoms with Crippen molar-refractivity contribution in [2.24, 2.45) is 11.3 Å². The lowest BCUT2D eigenvalue weighted by Crippen LogP contribution is -2.48. The molecule has 2 aliphatic carbocycles. The Morgan fingerprint density at radius 2 is 2.07 bits per heavy atom. The largest absolute Gasteiger partial charge is 0.480 e. The molecular weight excluding hydrogens is 190 g/mol. The first kappa shape index (κ1) is 10.9. The topological polar surface area (TPSA) is 49.3 Å². The molecule has 2 aliphatic rings. The molecule has 0 aliphatic heterocycles. The molecule has 2 N–H and O–H groups in total. The van der Waals surface area contributed by atoms with Crippen molar-refractivity contribution < 1.29 is 9.90 Å². The van der Waals surface area contributed by atoms with Crippen LogP contribution in [0.4, 0.5) is 0 Å². The molecular formula is C12H21NO2. The van der Waals surface area contributed by atoms with Crippen LogP contribution in [0.3, 0.4) is 0 Å². The molecule has 86 valence electrons. The maximum absolute atomic E-state index is 11.1. The Bertz CT molecular complexity index is 258. The van der Waals surface area contributed by atoms with Crippen LogP contribution in [-0.4, -0.2) is 23.2 Å². The Labute approximate surface area is 91.2 Å². The van der Waals surface area contributed by atoms with E-state index in [4.69, 9.17) is 5.11 Å². The van der Waals surface area contributed by atoms with Crippen LogP contribution in [0.1, 0.15) is 46.0 Å². The van der Waals surface area contributed by atoms with Gasteiger partial charge in [-0.1, -0.05) is 20.3 Å². The highest BCUT2D eigenvalue weighted by atomic mass is 16.4. The van der Waals surface area contributed by atoms with E-state index in [1.165, 1.54) is 12.8 Å². The van der Waals surface area contributed by atoms with Gasteiger partial charge in [0.15, 0.2) is 0 Å². The Kier molecular flexibility index (Phi) is 2.75. The first-order valence-corrected chi connectivity index (χ1v) is 5.99. The van der Waals surface area contributed by atoms with Crippen LogP contribution in [0.2, 0.25) is 0 Å². The number of aliphatic carboxylic acids is 1. The van der Waals surface area contributed by atoms with E-state index >= 15 is 0 Å². The van der Waals surface area contributed by atoms with Crippen LogP contribution in [0.5, 0.6) is 0 Å². The summed E-state index contributed by atoms with van der Waals surface area (Å²) in [7, 11) is 0. The number of carboxylic acids is 1. The second kappa shape index (κ2) is 3.78. The highest BCUT2D eigenvalue weighted by Crippen LogP contribution is 2.39. The summed E-state index contributed by atoms with van der Waals surface area (Å²) >= 11 is 0. The van der Waals surface area contributed by atoms with Gasteiger partial charge in [-0.15, -0.1) is 0 Å². The molecule has 0 aromatic heterocycles. The second-order valence-electron chi connectivity index (χ2n) is 5.75. The van der Waals surface area contributed by atoms with E-state index in [-0.39, 0.29) is 11.5 Å². The maximum atomic E-state index is 11.1. The van der Waals surface area contributed by atoms with Gasteiger partial charge in [-0.3, -0.25) is 4.79 Å². The number of hydrogen-bond donors (Lipinski definition) is 2. The minimum absolute atomic E-state index is 0.266. The zero-order chi connectivity index (χ0) is 11.1. The quantitative estimate of drug-likeness (QED) is 0.748. The molecule has 15 heavy (non-hydrogen) atoms. The van der Waals surface area contributed by atoms with Gasteiger partial charge in [0, 0.05) is 6.04 Å². The summed E-state index contributed by atoms with van der Waals surface area (Å²) in [6.07, 6.45) is 5.72.